The summed E-state index contributed by atoms with van der Waals surface area (Å²) in [5, 5.41) is 2.83. The lowest BCUT2D eigenvalue weighted by molar-refractivity contribution is -0.116. The predicted molar refractivity (Wildman–Crippen MR) is 36.0 cm³/mol. The fraction of sp³-hybridized carbons (Fsp3) is 0.571. The van der Waals surface area contributed by atoms with Crippen molar-refractivity contribution >= 4 is 5.91 Å². The minimum Gasteiger partial charge on any atom is -0.350 e. The number of nitrogens with one attached hydrogen (secondary N) is 1. The number of hydrogen-bond acceptors (Lipinski definition) is 1. The molecule has 1 rings (SSSR count). The van der Waals surface area contributed by atoms with Crippen LogP contribution < -0.4 is 5.32 Å². The van der Waals surface area contributed by atoms with Gasteiger partial charge in [0.05, 0.1) is 0 Å². The van der Waals surface area contributed by atoms with E-state index in [-0.39, 0.29) is 5.91 Å². The van der Waals surface area contributed by atoms with Crippen molar-refractivity contribution in [2.24, 2.45) is 0 Å². The van der Waals surface area contributed by atoms with Gasteiger partial charge < -0.3 is 5.32 Å². The van der Waals surface area contributed by atoms with E-state index in [4.69, 9.17) is 0 Å². The molecule has 50 valence electrons. The predicted octanol–water partition coefficient (Wildman–Crippen LogP) is 0.841. The fourth-order valence-electron chi connectivity index (χ4n) is 0.628. The van der Waals surface area contributed by atoms with Gasteiger partial charge in [0.15, 0.2) is 0 Å². The summed E-state index contributed by atoms with van der Waals surface area (Å²) >= 11 is 0. The van der Waals surface area contributed by atoms with Crippen LogP contribution in [0.4, 0.5) is 0 Å². The Hall–Kier alpha value is -0.790. The first-order valence-electron chi connectivity index (χ1n) is 3.26. The summed E-state index contributed by atoms with van der Waals surface area (Å²) in [5.41, 5.74) is 0. The standard InChI is InChI=1S/C7H11NO/c1-2-3-7(9)8-6-4-5-6/h2-3,6H,4-5H2,1H3,(H,8,9). The highest BCUT2D eigenvalue weighted by Gasteiger charge is 2.21. The zero-order chi connectivity index (χ0) is 6.69. The summed E-state index contributed by atoms with van der Waals surface area (Å²) in [6.07, 6.45) is 5.61. The van der Waals surface area contributed by atoms with Crippen molar-refractivity contribution in [3.8, 4) is 0 Å². The third kappa shape index (κ3) is 2.31. The van der Waals surface area contributed by atoms with Gasteiger partial charge in [-0.1, -0.05) is 6.08 Å². The fourth-order valence-corrected chi connectivity index (χ4v) is 0.628. The summed E-state index contributed by atoms with van der Waals surface area (Å²) in [6, 6.07) is 0.480. The van der Waals surface area contributed by atoms with Crippen LogP contribution in [-0.2, 0) is 4.79 Å². The van der Waals surface area contributed by atoms with Crippen molar-refractivity contribution in [2.75, 3.05) is 0 Å². The van der Waals surface area contributed by atoms with Crippen LogP contribution in [0.2, 0.25) is 0 Å². The first-order valence-corrected chi connectivity index (χ1v) is 3.26. The van der Waals surface area contributed by atoms with Crippen LogP contribution in [0.15, 0.2) is 12.2 Å². The number of hydrogen-bond donors (Lipinski definition) is 1. The van der Waals surface area contributed by atoms with Gasteiger partial charge in [-0.15, -0.1) is 0 Å². The van der Waals surface area contributed by atoms with Gasteiger partial charge in [0.2, 0.25) is 5.91 Å². The van der Waals surface area contributed by atoms with Crippen molar-refractivity contribution < 1.29 is 4.79 Å². The summed E-state index contributed by atoms with van der Waals surface area (Å²) in [5.74, 6) is 0.0417. The number of rotatable bonds is 2. The third-order valence-corrected chi connectivity index (χ3v) is 1.24. The lowest BCUT2D eigenvalue weighted by Gasteiger charge is -1.94. The van der Waals surface area contributed by atoms with Crippen LogP contribution >= 0.6 is 0 Å². The Morgan fingerprint density at radius 3 is 2.78 bits per heavy atom. The number of amides is 1. The van der Waals surface area contributed by atoms with Crippen LogP contribution in [0.25, 0.3) is 0 Å². The Kier molecular flexibility index (Phi) is 1.88. The smallest absolute Gasteiger partial charge is 0.243 e. The summed E-state index contributed by atoms with van der Waals surface area (Å²) in [6.45, 7) is 1.84. The van der Waals surface area contributed by atoms with Crippen LogP contribution in [0.5, 0.6) is 0 Å². The molecule has 1 saturated carbocycles. The van der Waals surface area contributed by atoms with Gasteiger partial charge in [0, 0.05) is 6.04 Å². The molecule has 0 radical (unpaired) electrons. The molecule has 0 bridgehead atoms. The maximum absolute atomic E-state index is 10.7. The van der Waals surface area contributed by atoms with Gasteiger partial charge in [-0.3, -0.25) is 4.79 Å². The molecule has 0 unspecified atom stereocenters. The molecule has 0 spiro atoms. The number of carbonyl (C=O) groups is 1. The zero-order valence-electron chi connectivity index (χ0n) is 5.55. The van der Waals surface area contributed by atoms with Crippen LogP contribution in [0.3, 0.4) is 0 Å². The van der Waals surface area contributed by atoms with Gasteiger partial charge in [-0.05, 0) is 25.8 Å². The Balaban J connectivity index is 2.17. The highest BCUT2D eigenvalue weighted by atomic mass is 16.1. The maximum Gasteiger partial charge on any atom is 0.243 e. The van der Waals surface area contributed by atoms with Crippen molar-refractivity contribution in [1.29, 1.82) is 0 Å². The lowest BCUT2D eigenvalue weighted by atomic mass is 10.5. The van der Waals surface area contributed by atoms with Gasteiger partial charge in [-0.25, -0.2) is 0 Å². The molecule has 2 nitrogen and oxygen atoms in total. The number of carbonyl (C=O) groups excluding carboxylic acids is 1. The SMILES string of the molecule is CC=CC(=O)NC1CC1. The Labute approximate surface area is 54.9 Å². The van der Waals surface area contributed by atoms with E-state index in [1.807, 2.05) is 6.92 Å². The molecular formula is C7H11NO. The first-order chi connectivity index (χ1) is 4.33. The van der Waals surface area contributed by atoms with Gasteiger partial charge in [-0.2, -0.15) is 0 Å². The van der Waals surface area contributed by atoms with E-state index in [0.717, 1.165) is 12.8 Å². The van der Waals surface area contributed by atoms with Gasteiger partial charge >= 0.3 is 0 Å². The normalized spacial score (nSPS) is 18.3. The highest BCUT2D eigenvalue weighted by Crippen LogP contribution is 2.18. The van der Waals surface area contributed by atoms with Crippen molar-refractivity contribution in [1.82, 2.24) is 5.32 Å². The molecule has 1 amide bonds. The molecular weight excluding hydrogens is 114 g/mol. The molecule has 0 atom stereocenters. The molecule has 1 aliphatic rings. The Bertz CT molecular complexity index is 136. The van der Waals surface area contributed by atoms with E-state index in [1.54, 1.807) is 12.2 Å². The van der Waals surface area contributed by atoms with E-state index < -0.39 is 0 Å². The van der Waals surface area contributed by atoms with Crippen molar-refractivity contribution in [3.05, 3.63) is 12.2 Å². The van der Waals surface area contributed by atoms with Crippen molar-refractivity contribution in [2.45, 2.75) is 25.8 Å². The molecule has 1 N–H and O–H groups in total. The van der Waals surface area contributed by atoms with Crippen molar-refractivity contribution in [3.63, 3.8) is 0 Å². The van der Waals surface area contributed by atoms with E-state index in [0.29, 0.717) is 6.04 Å². The average Bonchev–Trinajstić information content (AvgIpc) is 2.50. The summed E-state index contributed by atoms with van der Waals surface area (Å²) in [7, 11) is 0. The quantitative estimate of drug-likeness (QED) is 0.544. The molecule has 1 fully saturated rings. The Morgan fingerprint density at radius 2 is 2.33 bits per heavy atom. The highest BCUT2D eigenvalue weighted by molar-refractivity contribution is 5.87. The largest absolute Gasteiger partial charge is 0.350 e. The van der Waals surface area contributed by atoms with E-state index in [2.05, 4.69) is 5.32 Å². The Morgan fingerprint density at radius 1 is 1.67 bits per heavy atom. The molecule has 1 aliphatic carbocycles. The van der Waals surface area contributed by atoms with Crippen LogP contribution in [-0.4, -0.2) is 11.9 Å². The summed E-state index contributed by atoms with van der Waals surface area (Å²) in [4.78, 5) is 10.7. The summed E-state index contributed by atoms with van der Waals surface area (Å²) < 4.78 is 0. The molecule has 0 heterocycles. The number of allylic oxidation sites excluding steroid dienone is 1. The molecule has 0 aromatic carbocycles. The molecule has 0 aliphatic heterocycles. The minimum atomic E-state index is 0.0417. The van der Waals surface area contributed by atoms with E-state index in [9.17, 15) is 4.79 Å². The minimum absolute atomic E-state index is 0.0417. The monoisotopic (exact) mass is 125 g/mol. The van der Waals surface area contributed by atoms with Gasteiger partial charge in [0.1, 0.15) is 0 Å². The van der Waals surface area contributed by atoms with E-state index >= 15 is 0 Å². The van der Waals surface area contributed by atoms with Gasteiger partial charge in [0.25, 0.3) is 0 Å². The molecule has 9 heavy (non-hydrogen) atoms. The third-order valence-electron chi connectivity index (χ3n) is 1.24. The first kappa shape index (κ1) is 6.33. The maximum atomic E-state index is 10.7. The second kappa shape index (κ2) is 2.67. The molecule has 2 heteroatoms. The molecule has 0 aromatic rings. The molecule has 0 aromatic heterocycles. The van der Waals surface area contributed by atoms with E-state index in [1.165, 1.54) is 0 Å². The lowest BCUT2D eigenvalue weighted by Crippen LogP contribution is -2.22. The average molecular weight is 125 g/mol. The van der Waals surface area contributed by atoms with Crippen LogP contribution in [0.1, 0.15) is 19.8 Å². The van der Waals surface area contributed by atoms with Crippen LogP contribution in [0, 0.1) is 0 Å². The zero-order valence-corrected chi connectivity index (χ0v) is 5.55. The second-order valence-electron chi connectivity index (χ2n) is 2.28. The molecule has 0 saturated heterocycles. The topological polar surface area (TPSA) is 29.1 Å². The second-order valence-corrected chi connectivity index (χ2v) is 2.28.